The summed E-state index contributed by atoms with van der Waals surface area (Å²) in [7, 11) is -3.76. The van der Waals surface area contributed by atoms with Crippen LogP contribution in [0.5, 0.6) is 0 Å². The molecule has 0 spiro atoms. The molecular formula is C20H28N2O5S. The number of sulfonamides is 1. The van der Waals surface area contributed by atoms with E-state index >= 15 is 0 Å². The van der Waals surface area contributed by atoms with Crippen molar-refractivity contribution in [1.82, 2.24) is 4.72 Å². The summed E-state index contributed by atoms with van der Waals surface area (Å²) in [5.74, 6) is -1.17. The Kier molecular flexibility index (Phi) is 7.09. The van der Waals surface area contributed by atoms with Crippen LogP contribution in [0.1, 0.15) is 55.3 Å². The van der Waals surface area contributed by atoms with E-state index in [1.165, 1.54) is 30.2 Å². The van der Waals surface area contributed by atoms with Crippen LogP contribution < -0.4 is 10.0 Å². The van der Waals surface area contributed by atoms with Gasteiger partial charge in [-0.05, 0) is 63.1 Å². The van der Waals surface area contributed by atoms with Crippen molar-refractivity contribution in [3.63, 3.8) is 0 Å². The standard InChI is InChI=1S/C20H28N2O5S/c23-20(24)18-13-17(8-9-19(18)21-14-16-7-4-12-27-16)28(25,26)22-11-10-15-5-2-1-3-6-15/h5,8-9,13,16,21-22H,1-4,6-7,10-12,14H2,(H,23,24)/t16-/m0/s1. The van der Waals surface area contributed by atoms with Gasteiger partial charge in [0, 0.05) is 25.4 Å². The lowest BCUT2D eigenvalue weighted by Crippen LogP contribution is -2.26. The Balaban J connectivity index is 1.65. The predicted molar refractivity (Wildman–Crippen MR) is 107 cm³/mol. The molecule has 1 aliphatic carbocycles. The topological polar surface area (TPSA) is 105 Å². The van der Waals surface area contributed by atoms with Crippen molar-refractivity contribution in [3.05, 3.63) is 35.4 Å². The molecule has 1 heterocycles. The zero-order valence-corrected chi connectivity index (χ0v) is 16.8. The molecule has 1 aliphatic heterocycles. The fraction of sp³-hybridized carbons (Fsp3) is 0.550. The van der Waals surface area contributed by atoms with Crippen LogP contribution in [0.4, 0.5) is 5.69 Å². The highest BCUT2D eigenvalue weighted by Gasteiger charge is 2.20. The summed E-state index contributed by atoms with van der Waals surface area (Å²) in [4.78, 5) is 11.6. The number of aromatic carboxylic acids is 1. The van der Waals surface area contributed by atoms with Gasteiger partial charge in [-0.15, -0.1) is 0 Å². The van der Waals surface area contributed by atoms with Crippen LogP contribution in [0.25, 0.3) is 0 Å². The van der Waals surface area contributed by atoms with Crippen molar-refractivity contribution >= 4 is 21.7 Å². The molecule has 1 fully saturated rings. The molecule has 1 aromatic carbocycles. The monoisotopic (exact) mass is 408 g/mol. The summed E-state index contributed by atoms with van der Waals surface area (Å²) in [5.41, 5.74) is 1.62. The van der Waals surface area contributed by atoms with Gasteiger partial charge in [0.25, 0.3) is 0 Å². The normalized spacial score (nSPS) is 20.0. The fourth-order valence-corrected chi connectivity index (χ4v) is 4.67. The van der Waals surface area contributed by atoms with Crippen LogP contribution in [-0.2, 0) is 14.8 Å². The van der Waals surface area contributed by atoms with Gasteiger partial charge >= 0.3 is 5.97 Å². The van der Waals surface area contributed by atoms with Gasteiger partial charge in [-0.1, -0.05) is 11.6 Å². The molecule has 0 bridgehead atoms. The second kappa shape index (κ2) is 9.54. The number of anilines is 1. The summed E-state index contributed by atoms with van der Waals surface area (Å²) in [6.07, 6.45) is 9.30. The van der Waals surface area contributed by atoms with Crippen molar-refractivity contribution in [1.29, 1.82) is 0 Å². The largest absolute Gasteiger partial charge is 0.478 e. The first-order valence-corrected chi connectivity index (χ1v) is 11.3. The summed E-state index contributed by atoms with van der Waals surface area (Å²) >= 11 is 0. The molecular weight excluding hydrogens is 380 g/mol. The molecule has 1 saturated heterocycles. The number of allylic oxidation sites excluding steroid dienone is 1. The molecule has 0 saturated carbocycles. The Labute approximate surface area is 166 Å². The molecule has 154 valence electrons. The van der Waals surface area contributed by atoms with Crippen molar-refractivity contribution in [3.8, 4) is 0 Å². The van der Waals surface area contributed by atoms with E-state index in [0.717, 1.165) is 38.7 Å². The average molecular weight is 409 g/mol. The summed E-state index contributed by atoms with van der Waals surface area (Å²) in [6.45, 7) is 1.53. The molecule has 1 aromatic rings. The Morgan fingerprint density at radius 3 is 2.79 bits per heavy atom. The Morgan fingerprint density at radius 2 is 2.11 bits per heavy atom. The lowest BCUT2D eigenvalue weighted by Gasteiger charge is -2.15. The zero-order valence-electron chi connectivity index (χ0n) is 15.9. The van der Waals surface area contributed by atoms with E-state index < -0.39 is 16.0 Å². The predicted octanol–water partition coefficient (Wildman–Crippen LogP) is 3.14. The van der Waals surface area contributed by atoms with Crippen LogP contribution in [0.15, 0.2) is 34.7 Å². The highest BCUT2D eigenvalue weighted by molar-refractivity contribution is 7.89. The third kappa shape index (κ3) is 5.56. The van der Waals surface area contributed by atoms with Crippen LogP contribution in [0, 0.1) is 0 Å². The molecule has 0 unspecified atom stereocenters. The van der Waals surface area contributed by atoms with Gasteiger partial charge < -0.3 is 15.2 Å². The number of carboxylic acids is 1. The van der Waals surface area contributed by atoms with E-state index in [-0.39, 0.29) is 16.6 Å². The summed E-state index contributed by atoms with van der Waals surface area (Å²) in [6, 6.07) is 4.16. The zero-order chi connectivity index (χ0) is 20.0. The van der Waals surface area contributed by atoms with Crippen molar-refractivity contribution < 1.29 is 23.1 Å². The first-order valence-electron chi connectivity index (χ1n) is 9.86. The third-order valence-corrected chi connectivity index (χ3v) is 6.66. The summed E-state index contributed by atoms with van der Waals surface area (Å²) in [5, 5.41) is 12.6. The van der Waals surface area contributed by atoms with E-state index in [1.807, 2.05) is 0 Å². The minimum Gasteiger partial charge on any atom is -0.478 e. The molecule has 1 atom stereocenters. The Hall–Kier alpha value is -1.90. The van der Waals surface area contributed by atoms with Crippen molar-refractivity contribution in [2.45, 2.75) is 55.9 Å². The number of ether oxygens (including phenoxy) is 1. The van der Waals surface area contributed by atoms with Gasteiger partial charge in [0.05, 0.1) is 16.6 Å². The maximum Gasteiger partial charge on any atom is 0.337 e. The molecule has 3 rings (SSSR count). The molecule has 7 nitrogen and oxygen atoms in total. The minimum absolute atomic E-state index is 0.0369. The van der Waals surface area contributed by atoms with Gasteiger partial charge in [-0.3, -0.25) is 0 Å². The number of rotatable bonds is 9. The third-order valence-electron chi connectivity index (χ3n) is 5.20. The SMILES string of the molecule is O=C(O)c1cc(S(=O)(=O)NCCC2=CCCCC2)ccc1NC[C@@H]1CCCO1. The number of carbonyl (C=O) groups is 1. The van der Waals surface area contributed by atoms with Crippen molar-refractivity contribution in [2.24, 2.45) is 0 Å². The lowest BCUT2D eigenvalue weighted by molar-refractivity contribution is 0.0697. The number of hydrogen-bond acceptors (Lipinski definition) is 5. The highest BCUT2D eigenvalue weighted by Crippen LogP contribution is 2.23. The van der Waals surface area contributed by atoms with E-state index in [4.69, 9.17) is 4.74 Å². The molecule has 8 heteroatoms. The molecule has 0 radical (unpaired) electrons. The average Bonchev–Trinajstić information content (AvgIpc) is 3.20. The number of carboxylic acid groups (broad SMARTS) is 1. The van der Waals surface area contributed by atoms with E-state index in [1.54, 1.807) is 0 Å². The van der Waals surface area contributed by atoms with Crippen molar-refractivity contribution in [2.75, 3.05) is 25.0 Å². The van der Waals surface area contributed by atoms with E-state index in [9.17, 15) is 18.3 Å². The van der Waals surface area contributed by atoms with Crippen LogP contribution in [-0.4, -0.2) is 45.3 Å². The lowest BCUT2D eigenvalue weighted by atomic mass is 9.97. The fourth-order valence-electron chi connectivity index (χ4n) is 3.61. The smallest absolute Gasteiger partial charge is 0.337 e. The summed E-state index contributed by atoms with van der Waals surface area (Å²) < 4.78 is 33.2. The molecule has 0 amide bonds. The minimum atomic E-state index is -3.76. The maximum atomic E-state index is 12.6. The van der Waals surface area contributed by atoms with E-state index in [2.05, 4.69) is 16.1 Å². The second-order valence-corrected chi connectivity index (χ2v) is 9.05. The second-order valence-electron chi connectivity index (χ2n) is 7.28. The Bertz CT molecular complexity index is 829. The van der Waals surface area contributed by atoms with Crippen LogP contribution in [0.3, 0.4) is 0 Å². The van der Waals surface area contributed by atoms with Gasteiger partial charge in [-0.2, -0.15) is 0 Å². The van der Waals surface area contributed by atoms with Gasteiger partial charge in [0.1, 0.15) is 0 Å². The number of benzene rings is 1. The molecule has 0 aromatic heterocycles. The Morgan fingerprint density at radius 1 is 1.25 bits per heavy atom. The van der Waals surface area contributed by atoms with Gasteiger partial charge in [-0.25, -0.2) is 17.9 Å². The van der Waals surface area contributed by atoms with Crippen LogP contribution in [0.2, 0.25) is 0 Å². The highest BCUT2D eigenvalue weighted by atomic mass is 32.2. The molecule has 3 N–H and O–H groups in total. The van der Waals surface area contributed by atoms with Crippen LogP contribution >= 0.6 is 0 Å². The quantitative estimate of drug-likeness (QED) is 0.542. The first-order chi connectivity index (χ1) is 13.5. The number of nitrogens with one attached hydrogen (secondary N) is 2. The van der Waals surface area contributed by atoms with Gasteiger partial charge in [0.15, 0.2) is 0 Å². The maximum absolute atomic E-state index is 12.6. The first kappa shape index (κ1) is 20.8. The van der Waals surface area contributed by atoms with E-state index in [0.29, 0.717) is 25.2 Å². The van der Waals surface area contributed by atoms with Gasteiger partial charge in [0.2, 0.25) is 10.0 Å². The molecule has 28 heavy (non-hydrogen) atoms. The number of hydrogen-bond donors (Lipinski definition) is 3. The molecule has 2 aliphatic rings.